The van der Waals surface area contributed by atoms with E-state index in [1.807, 2.05) is 0 Å². The fraction of sp³-hybridized carbons (Fsp3) is 0.444. The number of hydrogen-bond acceptors (Lipinski definition) is 3. The first-order chi connectivity index (χ1) is 6.54. The minimum atomic E-state index is -0.961. The molecule has 0 aliphatic heterocycles. The van der Waals surface area contributed by atoms with Crippen LogP contribution >= 0.6 is 0 Å². The summed E-state index contributed by atoms with van der Waals surface area (Å²) in [7, 11) is 0. The van der Waals surface area contributed by atoms with Gasteiger partial charge in [-0.1, -0.05) is 0 Å². The molecule has 1 aliphatic rings. The quantitative estimate of drug-likeness (QED) is 0.662. The van der Waals surface area contributed by atoms with Gasteiger partial charge >= 0.3 is 11.7 Å². The van der Waals surface area contributed by atoms with E-state index >= 15 is 0 Å². The number of hydrogen-bond donors (Lipinski definition) is 2. The van der Waals surface area contributed by atoms with Crippen molar-refractivity contribution in [3.05, 3.63) is 27.9 Å². The van der Waals surface area contributed by atoms with Crippen molar-refractivity contribution in [3.8, 4) is 0 Å². The summed E-state index contributed by atoms with van der Waals surface area (Å²) in [5.41, 5.74) is -0.116. The zero-order chi connectivity index (χ0) is 10.3. The molecule has 5 heteroatoms. The summed E-state index contributed by atoms with van der Waals surface area (Å²) < 4.78 is 0. The van der Waals surface area contributed by atoms with Crippen molar-refractivity contribution in [2.24, 2.45) is 0 Å². The Hall–Kier alpha value is -1.65. The Morgan fingerprint density at radius 2 is 2.43 bits per heavy atom. The lowest BCUT2D eigenvalue weighted by Gasteiger charge is -2.18. The number of aromatic amines is 1. The van der Waals surface area contributed by atoms with Crippen molar-refractivity contribution in [1.82, 2.24) is 9.97 Å². The lowest BCUT2D eigenvalue weighted by molar-refractivity contribution is -0.143. The van der Waals surface area contributed by atoms with E-state index in [1.54, 1.807) is 6.92 Å². The summed E-state index contributed by atoms with van der Waals surface area (Å²) >= 11 is 0. The summed E-state index contributed by atoms with van der Waals surface area (Å²) in [6.07, 6.45) is 2.63. The number of H-pyrrole nitrogens is 1. The maximum absolute atomic E-state index is 11.1. The number of nitrogens with one attached hydrogen (secondary N) is 1. The summed E-state index contributed by atoms with van der Waals surface area (Å²) in [5.74, 6) is -0.905. The molecule has 0 saturated heterocycles. The van der Waals surface area contributed by atoms with Crippen molar-refractivity contribution in [3.63, 3.8) is 0 Å². The molecule has 74 valence electrons. The maximum atomic E-state index is 11.1. The van der Waals surface area contributed by atoms with Crippen LogP contribution in [-0.2, 0) is 16.6 Å². The Kier molecular flexibility index (Phi) is 1.70. The van der Waals surface area contributed by atoms with E-state index in [-0.39, 0.29) is 0 Å². The van der Waals surface area contributed by atoms with Gasteiger partial charge in [0.1, 0.15) is 5.41 Å². The van der Waals surface area contributed by atoms with E-state index < -0.39 is 17.1 Å². The van der Waals surface area contributed by atoms with Crippen LogP contribution < -0.4 is 5.69 Å². The number of carbonyl (C=O) groups is 1. The van der Waals surface area contributed by atoms with Crippen LogP contribution in [0, 0.1) is 0 Å². The molecule has 0 bridgehead atoms. The number of aliphatic carboxylic acids is 1. The van der Waals surface area contributed by atoms with Gasteiger partial charge in [-0.25, -0.2) is 9.78 Å². The second kappa shape index (κ2) is 2.67. The molecule has 14 heavy (non-hydrogen) atoms. The zero-order valence-corrected chi connectivity index (χ0v) is 7.70. The lowest BCUT2D eigenvalue weighted by atomic mass is 9.88. The molecule has 0 fully saturated rings. The van der Waals surface area contributed by atoms with Gasteiger partial charge in [-0.05, 0) is 25.3 Å². The number of rotatable bonds is 1. The Bertz CT molecular complexity index is 452. The Morgan fingerprint density at radius 1 is 1.71 bits per heavy atom. The van der Waals surface area contributed by atoms with Crippen molar-refractivity contribution >= 4 is 5.97 Å². The molecule has 1 unspecified atom stereocenters. The molecule has 0 amide bonds. The van der Waals surface area contributed by atoms with E-state index in [9.17, 15) is 9.59 Å². The van der Waals surface area contributed by atoms with Gasteiger partial charge in [0, 0.05) is 11.9 Å². The first kappa shape index (κ1) is 8.93. The predicted octanol–water partition coefficient (Wildman–Crippen LogP) is 0.0584. The Labute approximate surface area is 79.8 Å². The summed E-state index contributed by atoms with van der Waals surface area (Å²) in [5, 5.41) is 9.07. The summed E-state index contributed by atoms with van der Waals surface area (Å²) in [6.45, 7) is 1.62. The molecule has 2 N–H and O–H groups in total. The van der Waals surface area contributed by atoms with Gasteiger partial charge < -0.3 is 10.1 Å². The molecular weight excluding hydrogens is 184 g/mol. The van der Waals surface area contributed by atoms with Crippen LogP contribution in [0.2, 0.25) is 0 Å². The van der Waals surface area contributed by atoms with E-state index in [1.165, 1.54) is 6.20 Å². The molecule has 0 saturated carbocycles. The van der Waals surface area contributed by atoms with Crippen LogP contribution in [0.1, 0.15) is 24.6 Å². The average Bonchev–Trinajstić information content (AvgIpc) is 2.46. The topological polar surface area (TPSA) is 83.0 Å². The fourth-order valence-electron chi connectivity index (χ4n) is 1.83. The highest BCUT2D eigenvalue weighted by molar-refractivity contribution is 5.81. The normalized spacial score (nSPS) is 24.6. The standard InChI is InChI=1S/C9H10N2O3/c1-9(7(12)13)3-2-5-4-10-8(14)11-6(5)9/h4H,2-3H2,1H3,(H,12,13)(H,10,11,14). The maximum Gasteiger partial charge on any atom is 0.345 e. The predicted molar refractivity (Wildman–Crippen MR) is 48.2 cm³/mol. The average molecular weight is 194 g/mol. The van der Waals surface area contributed by atoms with Gasteiger partial charge in [-0.2, -0.15) is 0 Å². The molecule has 2 rings (SSSR count). The molecule has 1 heterocycles. The van der Waals surface area contributed by atoms with Crippen LogP contribution in [0.3, 0.4) is 0 Å². The van der Waals surface area contributed by atoms with Crippen molar-refractivity contribution in [1.29, 1.82) is 0 Å². The van der Waals surface area contributed by atoms with Crippen LogP contribution in [0.25, 0.3) is 0 Å². The van der Waals surface area contributed by atoms with E-state index in [0.29, 0.717) is 18.5 Å². The van der Waals surface area contributed by atoms with Crippen molar-refractivity contribution in [2.45, 2.75) is 25.2 Å². The van der Waals surface area contributed by atoms with Crippen LogP contribution in [0.4, 0.5) is 0 Å². The minimum absolute atomic E-state index is 0.488. The van der Waals surface area contributed by atoms with Gasteiger partial charge in [0.2, 0.25) is 0 Å². The molecule has 0 spiro atoms. The largest absolute Gasteiger partial charge is 0.481 e. The molecule has 0 radical (unpaired) electrons. The smallest absolute Gasteiger partial charge is 0.345 e. The number of nitrogens with zero attached hydrogens (tertiary/aromatic N) is 1. The van der Waals surface area contributed by atoms with E-state index in [2.05, 4.69) is 9.97 Å². The van der Waals surface area contributed by atoms with Gasteiger partial charge in [0.15, 0.2) is 0 Å². The van der Waals surface area contributed by atoms with Crippen LogP contribution in [0.15, 0.2) is 11.0 Å². The number of aryl methyl sites for hydroxylation is 1. The molecule has 1 aliphatic carbocycles. The summed E-state index contributed by atoms with van der Waals surface area (Å²) in [6, 6.07) is 0. The molecule has 1 atom stereocenters. The monoisotopic (exact) mass is 194 g/mol. The van der Waals surface area contributed by atoms with Gasteiger partial charge in [0.25, 0.3) is 0 Å². The lowest BCUT2D eigenvalue weighted by Crippen LogP contribution is -2.32. The third-order valence-electron chi connectivity index (χ3n) is 2.81. The SMILES string of the molecule is CC1(C(=O)O)CCc2cnc(=O)[nH]c21. The second-order valence-electron chi connectivity index (χ2n) is 3.73. The number of carboxylic acid groups (broad SMARTS) is 1. The van der Waals surface area contributed by atoms with E-state index in [0.717, 1.165) is 5.56 Å². The second-order valence-corrected chi connectivity index (χ2v) is 3.73. The zero-order valence-electron chi connectivity index (χ0n) is 7.70. The highest BCUT2D eigenvalue weighted by Crippen LogP contribution is 2.36. The van der Waals surface area contributed by atoms with Gasteiger partial charge in [0.05, 0.1) is 0 Å². The Morgan fingerprint density at radius 3 is 3.07 bits per heavy atom. The summed E-state index contributed by atoms with van der Waals surface area (Å²) in [4.78, 5) is 28.1. The van der Waals surface area contributed by atoms with Gasteiger partial charge in [-0.15, -0.1) is 0 Å². The van der Waals surface area contributed by atoms with Crippen molar-refractivity contribution < 1.29 is 9.90 Å². The Balaban J connectivity index is 2.63. The third-order valence-corrected chi connectivity index (χ3v) is 2.81. The van der Waals surface area contributed by atoms with Crippen LogP contribution in [0.5, 0.6) is 0 Å². The molecule has 1 aromatic heterocycles. The fourth-order valence-corrected chi connectivity index (χ4v) is 1.83. The molecule has 0 aromatic carbocycles. The molecular formula is C9H10N2O3. The minimum Gasteiger partial charge on any atom is -0.481 e. The molecule has 1 aromatic rings. The number of fused-ring (bicyclic) bond motifs is 1. The van der Waals surface area contributed by atoms with E-state index in [4.69, 9.17) is 5.11 Å². The first-order valence-corrected chi connectivity index (χ1v) is 4.36. The first-order valence-electron chi connectivity index (χ1n) is 4.36. The highest BCUT2D eigenvalue weighted by atomic mass is 16.4. The van der Waals surface area contributed by atoms with Crippen molar-refractivity contribution in [2.75, 3.05) is 0 Å². The van der Waals surface area contributed by atoms with Gasteiger partial charge in [-0.3, -0.25) is 4.79 Å². The van der Waals surface area contributed by atoms with Crippen LogP contribution in [-0.4, -0.2) is 21.0 Å². The highest BCUT2D eigenvalue weighted by Gasteiger charge is 2.42. The third kappa shape index (κ3) is 1.05. The number of aromatic nitrogens is 2. The molecule has 5 nitrogen and oxygen atoms in total. The number of carboxylic acids is 1.